The molecule has 1 aromatic carbocycles. The topological polar surface area (TPSA) is 109 Å². The largest absolute Gasteiger partial charge is 0.480 e. The number of aliphatic carboxylic acids is 1. The van der Waals surface area contributed by atoms with Crippen molar-refractivity contribution < 1.29 is 19.5 Å². The third-order valence-corrected chi connectivity index (χ3v) is 3.16. The molecule has 0 saturated heterocycles. The minimum Gasteiger partial charge on any atom is -0.480 e. The summed E-state index contributed by atoms with van der Waals surface area (Å²) in [6.45, 7) is 0. The maximum atomic E-state index is 11.9. The molecule has 0 heterocycles. The van der Waals surface area contributed by atoms with Gasteiger partial charge in [-0.15, -0.1) is 0 Å². The molecular weight excluding hydrogens is 280 g/mol. The number of amides is 2. The summed E-state index contributed by atoms with van der Waals surface area (Å²) in [6.07, 6.45) is 1.54. The molecule has 108 valence electrons. The summed E-state index contributed by atoms with van der Waals surface area (Å²) in [4.78, 5) is 33.5. The summed E-state index contributed by atoms with van der Waals surface area (Å²) in [6, 6.07) is 5.52. The fourth-order valence-corrected chi connectivity index (χ4v) is 2.09. The molecule has 20 heavy (non-hydrogen) atoms. The van der Waals surface area contributed by atoms with Crippen molar-refractivity contribution in [1.82, 2.24) is 5.32 Å². The predicted octanol–water partition coefficient (Wildman–Crippen LogP) is 0.608. The Labute approximate surface area is 120 Å². The normalized spacial score (nSPS) is 11.7. The van der Waals surface area contributed by atoms with Gasteiger partial charge in [-0.3, -0.25) is 9.59 Å². The summed E-state index contributed by atoms with van der Waals surface area (Å²) in [5.74, 6) is -1.79. The average molecular weight is 296 g/mol. The Bertz CT molecular complexity index is 502. The van der Waals surface area contributed by atoms with Gasteiger partial charge in [-0.05, 0) is 24.0 Å². The van der Waals surface area contributed by atoms with E-state index in [1.165, 1.54) is 0 Å². The molecule has 0 radical (unpaired) electrons. The SMILES string of the molecule is CSCc1ccc(C(=O)NC(CC(N)=O)C(=O)O)cc1. The number of hydrogen-bond donors (Lipinski definition) is 3. The Kier molecular flexibility index (Phi) is 6.05. The van der Waals surface area contributed by atoms with Crippen molar-refractivity contribution in [2.75, 3.05) is 6.26 Å². The molecule has 0 aliphatic heterocycles. The Morgan fingerprint density at radius 1 is 1.30 bits per heavy atom. The van der Waals surface area contributed by atoms with Crippen LogP contribution in [0.25, 0.3) is 0 Å². The van der Waals surface area contributed by atoms with Crippen LogP contribution in [0.1, 0.15) is 22.3 Å². The van der Waals surface area contributed by atoms with Gasteiger partial charge in [0, 0.05) is 11.3 Å². The number of nitrogens with one attached hydrogen (secondary N) is 1. The molecule has 1 aromatic rings. The van der Waals surface area contributed by atoms with E-state index in [9.17, 15) is 14.4 Å². The summed E-state index contributed by atoms with van der Waals surface area (Å²) >= 11 is 1.66. The molecule has 0 bridgehead atoms. The van der Waals surface area contributed by atoms with Gasteiger partial charge in [-0.25, -0.2) is 4.79 Å². The Hall–Kier alpha value is -2.02. The molecule has 0 saturated carbocycles. The molecule has 0 spiro atoms. The molecular formula is C13H16N2O4S. The number of primary amides is 1. The van der Waals surface area contributed by atoms with Gasteiger partial charge in [-0.2, -0.15) is 11.8 Å². The second-order valence-corrected chi connectivity index (χ2v) is 5.03. The number of carbonyl (C=O) groups excluding carboxylic acids is 2. The maximum absolute atomic E-state index is 11.9. The van der Waals surface area contributed by atoms with Crippen molar-refractivity contribution in [2.45, 2.75) is 18.2 Å². The van der Waals surface area contributed by atoms with Crippen LogP contribution in [-0.2, 0) is 15.3 Å². The highest BCUT2D eigenvalue weighted by atomic mass is 32.2. The number of carboxylic acid groups (broad SMARTS) is 1. The maximum Gasteiger partial charge on any atom is 0.326 e. The van der Waals surface area contributed by atoms with Crippen LogP contribution in [-0.4, -0.2) is 35.2 Å². The van der Waals surface area contributed by atoms with Crippen LogP contribution >= 0.6 is 11.8 Å². The number of rotatable bonds is 7. The zero-order valence-electron chi connectivity index (χ0n) is 11.0. The van der Waals surface area contributed by atoms with Crippen LogP contribution in [0.3, 0.4) is 0 Å². The number of benzene rings is 1. The molecule has 0 fully saturated rings. The lowest BCUT2D eigenvalue weighted by atomic mass is 10.1. The smallest absolute Gasteiger partial charge is 0.326 e. The average Bonchev–Trinajstić information content (AvgIpc) is 2.38. The van der Waals surface area contributed by atoms with Gasteiger partial charge in [0.1, 0.15) is 6.04 Å². The second-order valence-electron chi connectivity index (χ2n) is 4.16. The number of carboxylic acids is 1. The molecule has 7 heteroatoms. The van der Waals surface area contributed by atoms with E-state index in [4.69, 9.17) is 10.8 Å². The summed E-state index contributed by atoms with van der Waals surface area (Å²) in [5.41, 5.74) is 6.35. The van der Waals surface area contributed by atoms with E-state index in [0.717, 1.165) is 11.3 Å². The van der Waals surface area contributed by atoms with Crippen molar-refractivity contribution in [3.05, 3.63) is 35.4 Å². The van der Waals surface area contributed by atoms with Crippen LogP contribution in [0.4, 0.5) is 0 Å². The third kappa shape index (κ3) is 4.93. The first-order chi connectivity index (χ1) is 9.43. The first kappa shape index (κ1) is 16.0. The Morgan fingerprint density at radius 3 is 2.35 bits per heavy atom. The molecule has 1 atom stereocenters. The van der Waals surface area contributed by atoms with Crippen molar-refractivity contribution in [1.29, 1.82) is 0 Å². The summed E-state index contributed by atoms with van der Waals surface area (Å²) < 4.78 is 0. The number of carbonyl (C=O) groups is 3. The van der Waals surface area contributed by atoms with Gasteiger partial charge >= 0.3 is 5.97 Å². The van der Waals surface area contributed by atoms with Gasteiger partial charge in [0.25, 0.3) is 5.91 Å². The van der Waals surface area contributed by atoms with Gasteiger partial charge in [-0.1, -0.05) is 12.1 Å². The van der Waals surface area contributed by atoms with Crippen molar-refractivity contribution in [3.63, 3.8) is 0 Å². The minimum absolute atomic E-state index is 0.338. The van der Waals surface area contributed by atoms with Crippen molar-refractivity contribution >= 4 is 29.5 Å². The predicted molar refractivity (Wildman–Crippen MR) is 76.4 cm³/mol. The number of hydrogen-bond acceptors (Lipinski definition) is 4. The van der Waals surface area contributed by atoms with Crippen LogP contribution in [0.2, 0.25) is 0 Å². The molecule has 4 N–H and O–H groups in total. The zero-order chi connectivity index (χ0) is 15.1. The highest BCUT2D eigenvalue weighted by molar-refractivity contribution is 7.97. The number of thioether (sulfide) groups is 1. The Morgan fingerprint density at radius 2 is 1.90 bits per heavy atom. The first-order valence-corrected chi connectivity index (χ1v) is 7.23. The van der Waals surface area contributed by atoms with E-state index >= 15 is 0 Å². The van der Waals surface area contributed by atoms with Crippen LogP contribution in [0.15, 0.2) is 24.3 Å². The minimum atomic E-state index is -1.31. The van der Waals surface area contributed by atoms with E-state index < -0.39 is 30.2 Å². The molecule has 0 aliphatic rings. The standard InChI is InChI=1S/C13H16N2O4S/c1-20-7-8-2-4-9(5-3-8)12(17)15-10(13(18)19)6-11(14)16/h2-5,10H,6-7H2,1H3,(H2,14,16)(H,15,17)(H,18,19). The van der Waals surface area contributed by atoms with E-state index in [1.54, 1.807) is 36.0 Å². The lowest BCUT2D eigenvalue weighted by Gasteiger charge is -2.13. The van der Waals surface area contributed by atoms with Gasteiger partial charge in [0.05, 0.1) is 6.42 Å². The van der Waals surface area contributed by atoms with E-state index in [-0.39, 0.29) is 0 Å². The molecule has 2 amide bonds. The highest BCUT2D eigenvalue weighted by Crippen LogP contribution is 2.10. The highest BCUT2D eigenvalue weighted by Gasteiger charge is 2.22. The van der Waals surface area contributed by atoms with Crippen LogP contribution in [0.5, 0.6) is 0 Å². The van der Waals surface area contributed by atoms with Crippen molar-refractivity contribution in [3.8, 4) is 0 Å². The second kappa shape index (κ2) is 7.54. The first-order valence-electron chi connectivity index (χ1n) is 5.84. The molecule has 1 unspecified atom stereocenters. The molecule has 0 aromatic heterocycles. The van der Waals surface area contributed by atoms with E-state index in [1.807, 2.05) is 6.26 Å². The van der Waals surface area contributed by atoms with Crippen LogP contribution in [0, 0.1) is 0 Å². The van der Waals surface area contributed by atoms with Crippen molar-refractivity contribution in [2.24, 2.45) is 5.73 Å². The fraction of sp³-hybridized carbons (Fsp3) is 0.308. The molecule has 0 aliphatic carbocycles. The van der Waals surface area contributed by atoms with E-state index in [2.05, 4.69) is 5.32 Å². The van der Waals surface area contributed by atoms with Gasteiger partial charge in [0.2, 0.25) is 5.91 Å². The summed E-state index contributed by atoms with van der Waals surface area (Å²) in [5, 5.41) is 11.2. The van der Waals surface area contributed by atoms with E-state index in [0.29, 0.717) is 5.56 Å². The molecule has 6 nitrogen and oxygen atoms in total. The summed E-state index contributed by atoms with van der Waals surface area (Å²) in [7, 11) is 0. The van der Waals surface area contributed by atoms with Crippen LogP contribution < -0.4 is 11.1 Å². The van der Waals surface area contributed by atoms with Gasteiger partial charge in [0.15, 0.2) is 0 Å². The lowest BCUT2D eigenvalue weighted by Crippen LogP contribution is -2.43. The van der Waals surface area contributed by atoms with Gasteiger partial charge < -0.3 is 16.2 Å². The monoisotopic (exact) mass is 296 g/mol. The number of nitrogens with two attached hydrogens (primary N) is 1. The molecule has 1 rings (SSSR count). The lowest BCUT2D eigenvalue weighted by molar-refractivity contribution is -0.140. The third-order valence-electron chi connectivity index (χ3n) is 2.54. The zero-order valence-corrected chi connectivity index (χ0v) is 11.8. The Balaban J connectivity index is 2.73. The quantitative estimate of drug-likeness (QED) is 0.683. The fourth-order valence-electron chi connectivity index (χ4n) is 1.56.